The summed E-state index contributed by atoms with van der Waals surface area (Å²) in [6, 6.07) is -0.630. The second-order valence-corrected chi connectivity index (χ2v) is 5.72. The third-order valence-electron chi connectivity index (χ3n) is 2.34. The molecule has 1 N–H and O–H groups in total. The number of ketones is 1. The molecule has 0 unspecified atom stereocenters. The molecule has 0 radical (unpaired) electrons. The van der Waals surface area contributed by atoms with E-state index in [0.29, 0.717) is 0 Å². The summed E-state index contributed by atoms with van der Waals surface area (Å²) in [6.45, 7) is 14.1. The maximum absolute atomic E-state index is 11.6. The van der Waals surface area contributed by atoms with E-state index in [4.69, 9.17) is 4.74 Å². The fraction of sp³-hybridized carbons (Fsp3) is 0.692. The maximum atomic E-state index is 11.6. The Kier molecular flexibility index (Phi) is 4.93. The Balaban J connectivity index is 4.75. The minimum atomic E-state index is -0.630. The average molecular weight is 241 g/mol. The van der Waals surface area contributed by atoms with Gasteiger partial charge < -0.3 is 10.1 Å². The van der Waals surface area contributed by atoms with Gasteiger partial charge in [0.25, 0.3) is 0 Å². The van der Waals surface area contributed by atoms with Crippen LogP contribution >= 0.6 is 0 Å². The lowest BCUT2D eigenvalue weighted by Gasteiger charge is -2.31. The largest absolute Gasteiger partial charge is 0.444 e. The van der Waals surface area contributed by atoms with Crippen LogP contribution in [-0.4, -0.2) is 23.5 Å². The zero-order chi connectivity index (χ0) is 13.9. The minimum absolute atomic E-state index is 0.124. The molecule has 0 fully saturated rings. The predicted octanol–water partition coefficient (Wildman–Crippen LogP) is 2.68. The zero-order valence-electron chi connectivity index (χ0n) is 11.6. The SMILES string of the molecule is C=CC(C)(C)[C@H](NC(=O)OC(C)(C)C)C(C)=O. The monoisotopic (exact) mass is 241 g/mol. The lowest BCUT2D eigenvalue weighted by atomic mass is 9.82. The number of hydrogen-bond donors (Lipinski definition) is 1. The number of rotatable bonds is 4. The molecule has 4 heteroatoms. The topological polar surface area (TPSA) is 55.4 Å². The summed E-state index contributed by atoms with van der Waals surface area (Å²) in [5, 5.41) is 2.58. The molecule has 17 heavy (non-hydrogen) atoms. The van der Waals surface area contributed by atoms with Crippen LogP contribution in [0.15, 0.2) is 12.7 Å². The van der Waals surface area contributed by atoms with E-state index < -0.39 is 23.2 Å². The van der Waals surface area contributed by atoms with Crippen molar-refractivity contribution in [1.29, 1.82) is 0 Å². The summed E-state index contributed by atoms with van der Waals surface area (Å²) in [7, 11) is 0. The van der Waals surface area contributed by atoms with Crippen molar-refractivity contribution in [3.63, 3.8) is 0 Å². The van der Waals surface area contributed by atoms with Crippen LogP contribution in [0.4, 0.5) is 4.79 Å². The molecule has 0 aromatic carbocycles. The fourth-order valence-corrected chi connectivity index (χ4v) is 1.35. The highest BCUT2D eigenvalue weighted by molar-refractivity contribution is 5.86. The molecule has 1 amide bonds. The standard InChI is InChI=1S/C13H23NO3/c1-8-13(6,7)10(9(2)15)14-11(16)17-12(3,4)5/h8,10H,1H2,2-7H3,(H,14,16)/t10-/m1/s1. The van der Waals surface area contributed by atoms with E-state index >= 15 is 0 Å². The van der Waals surface area contributed by atoms with Gasteiger partial charge in [0, 0.05) is 5.41 Å². The lowest BCUT2D eigenvalue weighted by Crippen LogP contribution is -2.50. The van der Waals surface area contributed by atoms with Gasteiger partial charge in [0.15, 0.2) is 5.78 Å². The average Bonchev–Trinajstić information content (AvgIpc) is 2.10. The van der Waals surface area contributed by atoms with Gasteiger partial charge in [0.2, 0.25) is 0 Å². The number of nitrogens with one attached hydrogen (secondary N) is 1. The van der Waals surface area contributed by atoms with Gasteiger partial charge in [-0.15, -0.1) is 6.58 Å². The first-order valence-electron chi connectivity index (χ1n) is 5.63. The van der Waals surface area contributed by atoms with Crippen LogP contribution in [0.25, 0.3) is 0 Å². The summed E-state index contributed by atoms with van der Waals surface area (Å²) in [5.74, 6) is -0.124. The number of carbonyl (C=O) groups excluding carboxylic acids is 2. The van der Waals surface area contributed by atoms with Crippen molar-refractivity contribution in [2.75, 3.05) is 0 Å². The molecule has 0 saturated heterocycles. The van der Waals surface area contributed by atoms with Gasteiger partial charge in [0.05, 0.1) is 6.04 Å². The van der Waals surface area contributed by atoms with E-state index in [2.05, 4.69) is 11.9 Å². The summed E-state index contributed by atoms with van der Waals surface area (Å²) in [5.41, 5.74) is -1.09. The number of hydrogen-bond acceptors (Lipinski definition) is 3. The van der Waals surface area contributed by atoms with Crippen molar-refractivity contribution in [2.24, 2.45) is 5.41 Å². The third-order valence-corrected chi connectivity index (χ3v) is 2.34. The van der Waals surface area contributed by atoms with E-state index in [9.17, 15) is 9.59 Å². The molecule has 4 nitrogen and oxygen atoms in total. The van der Waals surface area contributed by atoms with Gasteiger partial charge in [-0.1, -0.05) is 19.9 Å². The Morgan fingerprint density at radius 2 is 1.71 bits per heavy atom. The van der Waals surface area contributed by atoms with E-state index in [0.717, 1.165) is 0 Å². The summed E-state index contributed by atoms with van der Waals surface area (Å²) >= 11 is 0. The molecule has 0 heterocycles. The third kappa shape index (κ3) is 5.52. The van der Waals surface area contributed by atoms with Crippen molar-refractivity contribution >= 4 is 11.9 Å². The van der Waals surface area contributed by atoms with Gasteiger partial charge in [0.1, 0.15) is 5.60 Å². The first-order valence-corrected chi connectivity index (χ1v) is 5.63. The zero-order valence-corrected chi connectivity index (χ0v) is 11.6. The summed E-state index contributed by atoms with van der Waals surface area (Å²) in [6.07, 6.45) is 1.06. The van der Waals surface area contributed by atoms with E-state index in [1.807, 2.05) is 13.8 Å². The van der Waals surface area contributed by atoms with Gasteiger partial charge >= 0.3 is 6.09 Å². The molecule has 0 aliphatic heterocycles. The normalized spacial score (nSPS) is 13.8. The van der Waals surface area contributed by atoms with Crippen LogP contribution in [0, 0.1) is 5.41 Å². The van der Waals surface area contributed by atoms with E-state index in [1.54, 1.807) is 26.8 Å². The molecular weight excluding hydrogens is 218 g/mol. The Morgan fingerprint density at radius 1 is 1.24 bits per heavy atom. The highest BCUT2D eigenvalue weighted by Gasteiger charge is 2.33. The van der Waals surface area contributed by atoms with Crippen LogP contribution in [0.5, 0.6) is 0 Å². The molecule has 0 aromatic rings. The molecule has 0 aliphatic rings. The maximum Gasteiger partial charge on any atom is 0.408 e. The van der Waals surface area contributed by atoms with Crippen LogP contribution < -0.4 is 5.32 Å². The Labute approximate surface area is 103 Å². The van der Waals surface area contributed by atoms with Gasteiger partial charge in [-0.25, -0.2) is 4.79 Å². The van der Waals surface area contributed by atoms with Crippen LogP contribution in [-0.2, 0) is 9.53 Å². The number of Topliss-reactive ketones (excluding diaryl/α,β-unsaturated/α-hetero) is 1. The Hall–Kier alpha value is -1.32. The van der Waals surface area contributed by atoms with E-state index in [1.165, 1.54) is 6.92 Å². The molecular formula is C13H23NO3. The van der Waals surface area contributed by atoms with E-state index in [-0.39, 0.29) is 5.78 Å². The molecule has 0 aromatic heterocycles. The first kappa shape index (κ1) is 15.7. The van der Waals surface area contributed by atoms with Crippen LogP contribution in [0.1, 0.15) is 41.5 Å². The fourth-order valence-electron chi connectivity index (χ4n) is 1.35. The van der Waals surface area contributed by atoms with Crippen molar-refractivity contribution < 1.29 is 14.3 Å². The summed E-state index contributed by atoms with van der Waals surface area (Å²) < 4.78 is 5.12. The second kappa shape index (κ2) is 5.34. The van der Waals surface area contributed by atoms with Crippen LogP contribution in [0.2, 0.25) is 0 Å². The highest BCUT2D eigenvalue weighted by atomic mass is 16.6. The summed E-state index contributed by atoms with van der Waals surface area (Å²) in [4.78, 5) is 23.1. The molecule has 0 spiro atoms. The first-order chi connectivity index (χ1) is 7.49. The predicted molar refractivity (Wildman–Crippen MR) is 67.8 cm³/mol. The minimum Gasteiger partial charge on any atom is -0.444 e. The lowest BCUT2D eigenvalue weighted by molar-refractivity contribution is -0.120. The molecule has 0 aliphatic carbocycles. The molecule has 1 atom stereocenters. The van der Waals surface area contributed by atoms with Gasteiger partial charge in [-0.05, 0) is 27.7 Å². The Morgan fingerprint density at radius 3 is 2.00 bits per heavy atom. The second-order valence-electron chi connectivity index (χ2n) is 5.72. The van der Waals surface area contributed by atoms with Gasteiger partial charge in [-0.3, -0.25) is 4.79 Å². The van der Waals surface area contributed by atoms with Crippen molar-refractivity contribution in [1.82, 2.24) is 5.32 Å². The van der Waals surface area contributed by atoms with Crippen molar-refractivity contribution in [3.05, 3.63) is 12.7 Å². The highest BCUT2D eigenvalue weighted by Crippen LogP contribution is 2.23. The van der Waals surface area contributed by atoms with Crippen molar-refractivity contribution in [2.45, 2.75) is 53.2 Å². The number of ether oxygens (including phenoxy) is 1. The molecule has 98 valence electrons. The number of amides is 1. The Bertz CT molecular complexity index is 313. The molecule has 0 bridgehead atoms. The van der Waals surface area contributed by atoms with Crippen molar-refractivity contribution in [3.8, 4) is 0 Å². The smallest absolute Gasteiger partial charge is 0.408 e. The van der Waals surface area contributed by atoms with Crippen LogP contribution in [0.3, 0.4) is 0 Å². The van der Waals surface area contributed by atoms with Gasteiger partial charge in [-0.2, -0.15) is 0 Å². The quantitative estimate of drug-likeness (QED) is 0.770. The number of alkyl carbamates (subject to hydrolysis) is 1. The molecule has 0 rings (SSSR count). The number of carbonyl (C=O) groups is 2. The molecule has 0 saturated carbocycles.